The molecule has 1 aliphatic carbocycles. The van der Waals surface area contributed by atoms with Crippen molar-refractivity contribution in [1.82, 2.24) is 20.2 Å². The largest absolute Gasteiger partial charge is 0.381 e. The Morgan fingerprint density at radius 1 is 1.29 bits per heavy atom. The van der Waals surface area contributed by atoms with Gasteiger partial charge in [0.05, 0.1) is 11.8 Å². The first-order valence-electron chi connectivity index (χ1n) is 7.38. The monoisotopic (exact) mass is 285 g/mol. The summed E-state index contributed by atoms with van der Waals surface area (Å²) in [6, 6.07) is 8.68. The highest BCUT2D eigenvalue weighted by Gasteiger charge is 2.59. The molecule has 2 aliphatic rings. The number of rotatable bonds is 3. The number of hydrogen-bond donors (Lipinski definition) is 1. The zero-order valence-electron chi connectivity index (χ0n) is 12.2. The van der Waals surface area contributed by atoms with Crippen LogP contribution in [0.15, 0.2) is 30.6 Å². The zero-order chi connectivity index (χ0) is 14.4. The highest BCUT2D eigenvalue weighted by molar-refractivity contribution is 5.50. The van der Waals surface area contributed by atoms with E-state index in [1.165, 1.54) is 0 Å². The Balaban J connectivity index is 1.50. The fraction of sp³-hybridized carbons (Fsp3) is 0.533. The fourth-order valence-electron chi connectivity index (χ4n) is 3.79. The molecule has 2 fully saturated rings. The predicted molar refractivity (Wildman–Crippen MR) is 78.2 cm³/mol. The van der Waals surface area contributed by atoms with Gasteiger partial charge in [0.1, 0.15) is 6.33 Å². The third-order valence-electron chi connectivity index (χ3n) is 4.90. The summed E-state index contributed by atoms with van der Waals surface area (Å²) >= 11 is 0. The second-order valence-corrected chi connectivity index (χ2v) is 6.49. The van der Waals surface area contributed by atoms with Gasteiger partial charge in [0.25, 0.3) is 0 Å². The average molecular weight is 285 g/mol. The van der Waals surface area contributed by atoms with Crippen LogP contribution in [0.4, 0.5) is 5.69 Å². The van der Waals surface area contributed by atoms with Gasteiger partial charge in [0.2, 0.25) is 0 Å². The number of tetrazole rings is 1. The average Bonchev–Trinajstić information content (AvgIpc) is 3.16. The maximum absolute atomic E-state index is 5.84. The van der Waals surface area contributed by atoms with E-state index in [-0.39, 0.29) is 5.41 Å². The summed E-state index contributed by atoms with van der Waals surface area (Å²) in [5.74, 6) is 0.638. The third kappa shape index (κ3) is 1.93. The molecule has 0 amide bonds. The minimum Gasteiger partial charge on any atom is -0.381 e. The molecule has 6 heteroatoms. The van der Waals surface area contributed by atoms with Crippen LogP contribution in [-0.4, -0.2) is 39.0 Å². The van der Waals surface area contributed by atoms with E-state index in [9.17, 15) is 0 Å². The molecule has 1 saturated heterocycles. The molecule has 1 aliphatic heterocycles. The molecule has 110 valence electrons. The summed E-state index contributed by atoms with van der Waals surface area (Å²) in [5.41, 5.74) is 2.28. The molecule has 3 atom stereocenters. The van der Waals surface area contributed by atoms with Crippen molar-refractivity contribution < 1.29 is 4.74 Å². The minimum atomic E-state index is 0.190. The Labute approximate surface area is 123 Å². The second-order valence-electron chi connectivity index (χ2n) is 6.49. The molecule has 2 aromatic rings. The lowest BCUT2D eigenvalue weighted by Gasteiger charge is -2.55. The van der Waals surface area contributed by atoms with Crippen molar-refractivity contribution >= 4 is 5.69 Å². The number of benzene rings is 1. The van der Waals surface area contributed by atoms with Crippen LogP contribution in [-0.2, 0) is 4.74 Å². The Morgan fingerprint density at radius 3 is 2.81 bits per heavy atom. The lowest BCUT2D eigenvalue weighted by Crippen LogP contribution is -2.63. The highest BCUT2D eigenvalue weighted by Crippen LogP contribution is 2.53. The first-order valence-corrected chi connectivity index (χ1v) is 7.38. The highest BCUT2D eigenvalue weighted by atomic mass is 16.5. The molecule has 1 aromatic carbocycles. The summed E-state index contributed by atoms with van der Waals surface area (Å²) in [6.45, 7) is 5.47. The SMILES string of the molecule is CC1(C)C(Nc2ccc(-n3cnnn3)cc2)C2CCOC21. The number of aromatic nitrogens is 4. The Morgan fingerprint density at radius 2 is 2.10 bits per heavy atom. The van der Waals surface area contributed by atoms with Crippen LogP contribution < -0.4 is 5.32 Å². The Hall–Kier alpha value is -1.95. The van der Waals surface area contributed by atoms with Gasteiger partial charge in [-0.2, -0.15) is 0 Å². The van der Waals surface area contributed by atoms with Gasteiger partial charge >= 0.3 is 0 Å². The lowest BCUT2D eigenvalue weighted by molar-refractivity contribution is -0.0923. The number of nitrogens with one attached hydrogen (secondary N) is 1. The molecule has 0 spiro atoms. The molecule has 0 radical (unpaired) electrons. The predicted octanol–water partition coefficient (Wildman–Crippen LogP) is 1.89. The lowest BCUT2D eigenvalue weighted by atomic mass is 9.57. The Bertz CT molecular complexity index is 622. The molecule has 4 rings (SSSR count). The number of hydrogen-bond acceptors (Lipinski definition) is 5. The van der Waals surface area contributed by atoms with E-state index in [4.69, 9.17) is 4.74 Å². The van der Waals surface area contributed by atoms with Crippen LogP contribution in [0.2, 0.25) is 0 Å². The van der Waals surface area contributed by atoms with Crippen molar-refractivity contribution in [2.75, 3.05) is 11.9 Å². The molecule has 3 unspecified atom stereocenters. The number of fused-ring (bicyclic) bond motifs is 1. The molecule has 1 saturated carbocycles. The fourth-order valence-corrected chi connectivity index (χ4v) is 3.79. The maximum atomic E-state index is 5.84. The van der Waals surface area contributed by atoms with Gasteiger partial charge in [-0.3, -0.25) is 0 Å². The standard InChI is InChI=1S/C15H19N5O/c1-15(2)13(12-7-8-21-14(12)15)17-10-3-5-11(6-4-10)20-9-16-18-19-20/h3-6,9,12-14,17H,7-8H2,1-2H3. The summed E-state index contributed by atoms with van der Waals surface area (Å²) in [6.07, 6.45) is 3.17. The topological polar surface area (TPSA) is 64.9 Å². The van der Waals surface area contributed by atoms with Crippen LogP contribution in [0, 0.1) is 11.3 Å². The van der Waals surface area contributed by atoms with Gasteiger partial charge in [0.15, 0.2) is 0 Å². The number of anilines is 1. The van der Waals surface area contributed by atoms with E-state index in [0.29, 0.717) is 18.1 Å². The van der Waals surface area contributed by atoms with Gasteiger partial charge in [-0.1, -0.05) is 13.8 Å². The van der Waals surface area contributed by atoms with Crippen LogP contribution in [0.1, 0.15) is 20.3 Å². The van der Waals surface area contributed by atoms with E-state index in [1.54, 1.807) is 11.0 Å². The summed E-state index contributed by atoms with van der Waals surface area (Å²) in [5, 5.41) is 14.9. The minimum absolute atomic E-state index is 0.190. The van der Waals surface area contributed by atoms with Crippen LogP contribution in [0.3, 0.4) is 0 Å². The van der Waals surface area contributed by atoms with Gasteiger partial charge in [0, 0.05) is 29.7 Å². The van der Waals surface area contributed by atoms with E-state index in [1.807, 2.05) is 12.1 Å². The van der Waals surface area contributed by atoms with E-state index in [2.05, 4.69) is 46.8 Å². The first-order chi connectivity index (χ1) is 10.2. The van der Waals surface area contributed by atoms with Gasteiger partial charge in [-0.25, -0.2) is 4.68 Å². The first kappa shape index (κ1) is 12.8. The molecule has 1 aromatic heterocycles. The van der Waals surface area contributed by atoms with Gasteiger partial charge in [-0.15, -0.1) is 5.10 Å². The normalized spacial score (nSPS) is 29.7. The molecular weight excluding hydrogens is 266 g/mol. The zero-order valence-corrected chi connectivity index (χ0v) is 12.2. The van der Waals surface area contributed by atoms with E-state index in [0.717, 1.165) is 24.4 Å². The van der Waals surface area contributed by atoms with Gasteiger partial charge in [-0.05, 0) is 41.1 Å². The molecule has 21 heavy (non-hydrogen) atoms. The third-order valence-corrected chi connectivity index (χ3v) is 4.90. The smallest absolute Gasteiger partial charge is 0.143 e. The second kappa shape index (κ2) is 4.53. The summed E-state index contributed by atoms with van der Waals surface area (Å²) in [4.78, 5) is 0. The Kier molecular flexibility index (Phi) is 2.75. The van der Waals surface area contributed by atoms with Crippen molar-refractivity contribution in [3.8, 4) is 5.69 Å². The number of ether oxygens (including phenoxy) is 1. The van der Waals surface area contributed by atoms with Crippen LogP contribution in [0.5, 0.6) is 0 Å². The molecule has 2 heterocycles. The number of nitrogens with zero attached hydrogens (tertiary/aromatic N) is 4. The van der Waals surface area contributed by atoms with Crippen LogP contribution >= 0.6 is 0 Å². The maximum Gasteiger partial charge on any atom is 0.143 e. The van der Waals surface area contributed by atoms with Crippen molar-refractivity contribution in [2.24, 2.45) is 11.3 Å². The van der Waals surface area contributed by atoms with Crippen molar-refractivity contribution in [3.05, 3.63) is 30.6 Å². The van der Waals surface area contributed by atoms with Gasteiger partial charge < -0.3 is 10.1 Å². The molecular formula is C15H19N5O. The molecule has 6 nitrogen and oxygen atoms in total. The summed E-state index contributed by atoms with van der Waals surface area (Å²) in [7, 11) is 0. The van der Waals surface area contributed by atoms with Crippen molar-refractivity contribution in [2.45, 2.75) is 32.4 Å². The summed E-state index contributed by atoms with van der Waals surface area (Å²) < 4.78 is 7.49. The quantitative estimate of drug-likeness (QED) is 0.933. The van der Waals surface area contributed by atoms with E-state index >= 15 is 0 Å². The molecule has 0 bridgehead atoms. The van der Waals surface area contributed by atoms with Crippen molar-refractivity contribution in [3.63, 3.8) is 0 Å². The molecule has 1 N–H and O–H groups in total. The van der Waals surface area contributed by atoms with Crippen LogP contribution in [0.25, 0.3) is 5.69 Å². The van der Waals surface area contributed by atoms with Crippen molar-refractivity contribution in [1.29, 1.82) is 0 Å². The van der Waals surface area contributed by atoms with E-state index < -0.39 is 0 Å².